The molecule has 4 rings (SSSR count). The molecule has 1 spiro atoms. The van der Waals surface area contributed by atoms with Crippen LogP contribution in [0.15, 0.2) is 12.3 Å². The summed E-state index contributed by atoms with van der Waals surface area (Å²) in [5.74, 6) is 0.797. The predicted molar refractivity (Wildman–Crippen MR) is 84.6 cm³/mol. The van der Waals surface area contributed by atoms with E-state index in [0.717, 1.165) is 19.1 Å². The highest BCUT2D eigenvalue weighted by molar-refractivity contribution is 5.27. The van der Waals surface area contributed by atoms with Gasteiger partial charge in [-0.3, -0.25) is 0 Å². The molecule has 3 heteroatoms. The molecule has 0 amide bonds. The number of H-pyrrole nitrogens is 1. The number of hydrogen-bond donors (Lipinski definition) is 1. The molecule has 21 heavy (non-hydrogen) atoms. The monoisotopic (exact) mass is 288 g/mol. The molecule has 2 fully saturated rings. The number of aryl methyl sites for hydroxylation is 1. The van der Waals surface area contributed by atoms with Crippen molar-refractivity contribution in [1.82, 2.24) is 9.88 Å². The Balaban J connectivity index is 1.29. The summed E-state index contributed by atoms with van der Waals surface area (Å²) in [6, 6.07) is 2.32. The molecule has 1 aliphatic carbocycles. The number of fused-ring (bicyclic) bond motifs is 1. The van der Waals surface area contributed by atoms with Gasteiger partial charge in [0.2, 0.25) is 0 Å². The fourth-order valence-corrected chi connectivity index (χ4v) is 4.63. The van der Waals surface area contributed by atoms with Crippen LogP contribution in [0.5, 0.6) is 0 Å². The third-order valence-corrected chi connectivity index (χ3v) is 6.18. The lowest BCUT2D eigenvalue weighted by Gasteiger charge is -2.39. The zero-order chi connectivity index (χ0) is 14.1. The van der Waals surface area contributed by atoms with Gasteiger partial charge >= 0.3 is 0 Å². The fourth-order valence-electron chi connectivity index (χ4n) is 4.63. The lowest BCUT2D eigenvalue weighted by atomic mass is 9.78. The Bertz CT molecular complexity index is 465. The summed E-state index contributed by atoms with van der Waals surface area (Å²) in [5.41, 5.74) is 3.67. The van der Waals surface area contributed by atoms with E-state index in [1.165, 1.54) is 70.3 Å². The van der Waals surface area contributed by atoms with Gasteiger partial charge in [0, 0.05) is 18.5 Å². The van der Waals surface area contributed by atoms with Gasteiger partial charge in [0.1, 0.15) is 0 Å². The molecule has 0 radical (unpaired) electrons. The Morgan fingerprint density at radius 2 is 2.19 bits per heavy atom. The van der Waals surface area contributed by atoms with Crippen molar-refractivity contribution >= 4 is 0 Å². The maximum atomic E-state index is 5.64. The van der Waals surface area contributed by atoms with Gasteiger partial charge in [0.15, 0.2) is 0 Å². The highest BCUT2D eigenvalue weighted by Gasteiger charge is 2.37. The third kappa shape index (κ3) is 2.78. The second-order valence-electron chi connectivity index (χ2n) is 7.43. The standard InChI is InChI=1S/C18H28N2O/c1-2-15(16-4-9-19-17(16)3-1)5-10-20-11-6-18(7-12-20)8-13-21-14-18/h4,9,15,19H,1-3,5-8,10-14H2. The number of nitrogens with one attached hydrogen (secondary N) is 1. The summed E-state index contributed by atoms with van der Waals surface area (Å²) in [6.45, 7) is 5.88. The number of hydrogen-bond acceptors (Lipinski definition) is 2. The van der Waals surface area contributed by atoms with Gasteiger partial charge in [-0.15, -0.1) is 0 Å². The van der Waals surface area contributed by atoms with Crippen molar-refractivity contribution in [3.8, 4) is 0 Å². The van der Waals surface area contributed by atoms with E-state index in [1.54, 1.807) is 5.56 Å². The van der Waals surface area contributed by atoms with Crippen LogP contribution in [0.2, 0.25) is 0 Å². The van der Waals surface area contributed by atoms with Crippen molar-refractivity contribution in [3.63, 3.8) is 0 Å². The topological polar surface area (TPSA) is 28.3 Å². The summed E-state index contributed by atoms with van der Waals surface area (Å²) < 4.78 is 5.64. The van der Waals surface area contributed by atoms with E-state index in [2.05, 4.69) is 22.1 Å². The van der Waals surface area contributed by atoms with Gasteiger partial charge in [-0.2, -0.15) is 0 Å². The summed E-state index contributed by atoms with van der Waals surface area (Å²) in [7, 11) is 0. The number of aromatic nitrogens is 1. The number of piperidine rings is 1. The first-order valence-corrected chi connectivity index (χ1v) is 8.81. The zero-order valence-corrected chi connectivity index (χ0v) is 13.1. The van der Waals surface area contributed by atoms with Crippen molar-refractivity contribution in [2.45, 2.75) is 50.9 Å². The average molecular weight is 288 g/mol. The van der Waals surface area contributed by atoms with Gasteiger partial charge in [-0.1, -0.05) is 0 Å². The zero-order valence-electron chi connectivity index (χ0n) is 13.1. The normalized spacial score (nSPS) is 28.9. The van der Waals surface area contributed by atoms with Crippen LogP contribution in [0, 0.1) is 5.41 Å². The van der Waals surface area contributed by atoms with E-state index in [4.69, 9.17) is 4.74 Å². The van der Waals surface area contributed by atoms with Crippen molar-refractivity contribution in [2.75, 3.05) is 32.8 Å². The fraction of sp³-hybridized carbons (Fsp3) is 0.778. The van der Waals surface area contributed by atoms with Crippen molar-refractivity contribution in [3.05, 3.63) is 23.5 Å². The van der Waals surface area contributed by atoms with Crippen LogP contribution in [-0.2, 0) is 11.2 Å². The smallest absolute Gasteiger partial charge is 0.0524 e. The van der Waals surface area contributed by atoms with Crippen LogP contribution in [0.1, 0.15) is 55.7 Å². The molecule has 0 aromatic carbocycles. The second-order valence-corrected chi connectivity index (χ2v) is 7.43. The molecule has 3 heterocycles. The minimum atomic E-state index is 0.551. The number of ether oxygens (including phenoxy) is 1. The SMILES string of the molecule is c1cc2c([nH]1)CCCC2CCN1CCC2(CCOC2)CC1. The first-order chi connectivity index (χ1) is 10.3. The molecular formula is C18H28N2O. The Hall–Kier alpha value is -0.800. The number of aromatic amines is 1. The number of likely N-dealkylation sites (tertiary alicyclic amines) is 1. The average Bonchev–Trinajstić information content (AvgIpc) is 3.16. The van der Waals surface area contributed by atoms with Crippen LogP contribution in [0.25, 0.3) is 0 Å². The molecule has 1 N–H and O–H groups in total. The largest absolute Gasteiger partial charge is 0.381 e. The van der Waals surface area contributed by atoms with Crippen LogP contribution < -0.4 is 0 Å². The van der Waals surface area contributed by atoms with Crippen LogP contribution in [0.4, 0.5) is 0 Å². The Kier molecular flexibility index (Phi) is 3.80. The molecule has 2 saturated heterocycles. The molecular weight excluding hydrogens is 260 g/mol. The van der Waals surface area contributed by atoms with Gasteiger partial charge in [0.05, 0.1) is 6.61 Å². The highest BCUT2D eigenvalue weighted by Crippen LogP contribution is 2.39. The van der Waals surface area contributed by atoms with Gasteiger partial charge in [-0.05, 0) is 87.5 Å². The van der Waals surface area contributed by atoms with E-state index in [1.807, 2.05) is 0 Å². The molecule has 0 saturated carbocycles. The summed E-state index contributed by atoms with van der Waals surface area (Å²) in [5, 5.41) is 0. The molecule has 1 atom stereocenters. The molecule has 0 bridgehead atoms. The van der Waals surface area contributed by atoms with Crippen molar-refractivity contribution in [1.29, 1.82) is 0 Å². The number of nitrogens with zero attached hydrogens (tertiary/aromatic N) is 1. The molecule has 3 nitrogen and oxygen atoms in total. The van der Waals surface area contributed by atoms with Crippen LogP contribution >= 0.6 is 0 Å². The van der Waals surface area contributed by atoms with Gasteiger partial charge in [-0.25, -0.2) is 0 Å². The predicted octanol–water partition coefficient (Wildman–Crippen LogP) is 3.33. The first-order valence-electron chi connectivity index (χ1n) is 8.81. The third-order valence-electron chi connectivity index (χ3n) is 6.18. The van der Waals surface area contributed by atoms with E-state index >= 15 is 0 Å². The maximum absolute atomic E-state index is 5.64. The van der Waals surface area contributed by atoms with E-state index in [0.29, 0.717) is 5.41 Å². The molecule has 1 aromatic rings. The lowest BCUT2D eigenvalue weighted by molar-refractivity contribution is 0.0790. The molecule has 1 aromatic heterocycles. The molecule has 3 aliphatic rings. The minimum absolute atomic E-state index is 0.551. The van der Waals surface area contributed by atoms with Gasteiger partial charge in [0.25, 0.3) is 0 Å². The molecule has 1 unspecified atom stereocenters. The Morgan fingerprint density at radius 1 is 1.29 bits per heavy atom. The van der Waals surface area contributed by atoms with E-state index < -0.39 is 0 Å². The highest BCUT2D eigenvalue weighted by atomic mass is 16.5. The van der Waals surface area contributed by atoms with Crippen molar-refractivity contribution in [2.24, 2.45) is 5.41 Å². The Morgan fingerprint density at radius 3 is 3.00 bits per heavy atom. The number of rotatable bonds is 3. The molecule has 116 valence electrons. The van der Waals surface area contributed by atoms with E-state index in [-0.39, 0.29) is 0 Å². The van der Waals surface area contributed by atoms with Crippen molar-refractivity contribution < 1.29 is 4.74 Å². The quantitative estimate of drug-likeness (QED) is 0.924. The summed E-state index contributed by atoms with van der Waals surface area (Å²) in [4.78, 5) is 6.13. The van der Waals surface area contributed by atoms with Gasteiger partial charge < -0.3 is 14.6 Å². The second kappa shape index (κ2) is 5.77. The maximum Gasteiger partial charge on any atom is 0.0524 e. The van der Waals surface area contributed by atoms with E-state index in [9.17, 15) is 0 Å². The lowest BCUT2D eigenvalue weighted by Crippen LogP contribution is -2.41. The summed E-state index contributed by atoms with van der Waals surface area (Å²) in [6.07, 6.45) is 11.5. The first kappa shape index (κ1) is 13.8. The Labute approximate surface area is 128 Å². The minimum Gasteiger partial charge on any atom is -0.381 e. The summed E-state index contributed by atoms with van der Waals surface area (Å²) >= 11 is 0. The molecule has 2 aliphatic heterocycles. The van der Waals surface area contributed by atoms with Crippen LogP contribution in [0.3, 0.4) is 0 Å². The van der Waals surface area contributed by atoms with Crippen LogP contribution in [-0.4, -0.2) is 42.7 Å².